The Labute approximate surface area is 195 Å². The first-order valence-corrected chi connectivity index (χ1v) is 11.3. The molecule has 0 saturated carbocycles. The highest BCUT2D eigenvalue weighted by atomic mass is 35.5. The van der Waals surface area contributed by atoms with Crippen molar-refractivity contribution >= 4 is 34.8 Å². The van der Waals surface area contributed by atoms with Crippen LogP contribution in [0.1, 0.15) is 45.0 Å². The summed E-state index contributed by atoms with van der Waals surface area (Å²) in [6.07, 6.45) is 0.0353. The lowest BCUT2D eigenvalue weighted by molar-refractivity contribution is -0.139. The summed E-state index contributed by atoms with van der Waals surface area (Å²) in [6, 6.07) is 12.6. The van der Waals surface area contributed by atoms with Crippen molar-refractivity contribution in [1.82, 2.24) is 4.90 Å². The first-order valence-electron chi connectivity index (χ1n) is 11.0. The third-order valence-corrected chi connectivity index (χ3v) is 5.53. The fourth-order valence-corrected chi connectivity index (χ4v) is 3.95. The second kappa shape index (κ2) is 9.82. The molecule has 2 amide bonds. The van der Waals surface area contributed by atoms with E-state index in [0.29, 0.717) is 35.1 Å². The number of rotatable bonds is 5. The highest BCUT2D eigenvalue weighted by molar-refractivity contribution is 6.33. The van der Waals surface area contributed by atoms with Gasteiger partial charge in [-0.15, -0.1) is 0 Å². The Balaban J connectivity index is 1.63. The van der Waals surface area contributed by atoms with Crippen molar-refractivity contribution in [2.24, 2.45) is 5.41 Å². The maximum Gasteiger partial charge on any atom is 0.255 e. The molecule has 1 aliphatic heterocycles. The van der Waals surface area contributed by atoms with Gasteiger partial charge in [-0.3, -0.25) is 9.59 Å². The predicted octanol–water partition coefficient (Wildman–Crippen LogP) is 5.07. The van der Waals surface area contributed by atoms with Crippen molar-refractivity contribution in [3.63, 3.8) is 0 Å². The molecule has 0 aliphatic carbocycles. The number of amides is 2. The Morgan fingerprint density at radius 1 is 1.03 bits per heavy atom. The molecule has 7 heteroatoms. The molecule has 0 atom stereocenters. The molecule has 0 radical (unpaired) electrons. The number of carbonyl (C=O) groups excluding carboxylic acids is 2. The molecule has 172 valence electrons. The highest BCUT2D eigenvalue weighted by Crippen LogP contribution is 2.30. The lowest BCUT2D eigenvalue weighted by Gasteiger charge is -2.39. The zero-order valence-corrected chi connectivity index (χ0v) is 20.2. The normalized spacial score (nSPS) is 14.5. The van der Waals surface area contributed by atoms with Gasteiger partial charge in [0.1, 0.15) is 5.75 Å². The molecule has 3 rings (SSSR count). The van der Waals surface area contributed by atoms with Gasteiger partial charge in [-0.1, -0.05) is 38.4 Å². The molecular formula is C25H32ClN3O3. The zero-order chi connectivity index (χ0) is 23.5. The minimum Gasteiger partial charge on any atom is -0.491 e. The lowest BCUT2D eigenvalue weighted by atomic mass is 9.94. The number of carbonyl (C=O) groups is 2. The van der Waals surface area contributed by atoms with Gasteiger partial charge in [0.05, 0.1) is 16.8 Å². The van der Waals surface area contributed by atoms with Gasteiger partial charge in [0.15, 0.2) is 0 Å². The first-order chi connectivity index (χ1) is 15.0. The van der Waals surface area contributed by atoms with E-state index >= 15 is 0 Å². The third-order valence-electron chi connectivity index (χ3n) is 5.22. The van der Waals surface area contributed by atoms with E-state index in [2.05, 4.69) is 10.2 Å². The van der Waals surface area contributed by atoms with Crippen LogP contribution in [-0.2, 0) is 4.79 Å². The molecule has 0 aromatic heterocycles. The number of hydrogen-bond acceptors (Lipinski definition) is 4. The molecule has 6 nitrogen and oxygen atoms in total. The molecule has 1 saturated heterocycles. The van der Waals surface area contributed by atoms with Crippen molar-refractivity contribution in [1.29, 1.82) is 0 Å². The number of halogens is 1. The summed E-state index contributed by atoms with van der Waals surface area (Å²) in [5.41, 5.74) is 1.67. The summed E-state index contributed by atoms with van der Waals surface area (Å²) in [6.45, 7) is 12.5. The lowest BCUT2D eigenvalue weighted by Crippen LogP contribution is -2.51. The number of nitrogens with one attached hydrogen (secondary N) is 1. The Morgan fingerprint density at radius 3 is 2.31 bits per heavy atom. The summed E-state index contributed by atoms with van der Waals surface area (Å²) in [4.78, 5) is 29.3. The number of piperazine rings is 1. The van der Waals surface area contributed by atoms with Gasteiger partial charge in [-0.05, 0) is 50.2 Å². The van der Waals surface area contributed by atoms with Crippen LogP contribution in [0.4, 0.5) is 11.4 Å². The van der Waals surface area contributed by atoms with E-state index < -0.39 is 0 Å². The molecule has 1 aliphatic rings. The maximum absolute atomic E-state index is 12.7. The minimum absolute atomic E-state index is 0.0353. The van der Waals surface area contributed by atoms with Crippen LogP contribution in [0.2, 0.25) is 5.02 Å². The number of ether oxygens (including phenoxy) is 1. The van der Waals surface area contributed by atoms with Crippen LogP contribution in [0.3, 0.4) is 0 Å². The number of benzene rings is 2. The molecule has 2 aromatic rings. The Morgan fingerprint density at radius 2 is 1.72 bits per heavy atom. The van der Waals surface area contributed by atoms with Gasteiger partial charge < -0.3 is 19.9 Å². The van der Waals surface area contributed by atoms with Gasteiger partial charge in [-0.2, -0.15) is 0 Å². The van der Waals surface area contributed by atoms with Crippen molar-refractivity contribution in [3.8, 4) is 5.75 Å². The molecule has 32 heavy (non-hydrogen) atoms. The monoisotopic (exact) mass is 457 g/mol. The van der Waals surface area contributed by atoms with Gasteiger partial charge in [-0.25, -0.2) is 0 Å². The maximum atomic E-state index is 12.7. The smallest absolute Gasteiger partial charge is 0.255 e. The Bertz CT molecular complexity index is 977. The molecular weight excluding hydrogens is 426 g/mol. The van der Waals surface area contributed by atoms with E-state index in [0.717, 1.165) is 18.8 Å². The second-order valence-corrected chi connectivity index (χ2v) is 9.75. The van der Waals surface area contributed by atoms with Crippen molar-refractivity contribution in [3.05, 3.63) is 53.1 Å². The largest absolute Gasteiger partial charge is 0.491 e. The molecule has 1 fully saturated rings. The number of anilines is 2. The topological polar surface area (TPSA) is 61.9 Å². The average molecular weight is 458 g/mol. The number of nitrogens with zero attached hydrogens (tertiary/aromatic N) is 2. The van der Waals surface area contributed by atoms with E-state index in [9.17, 15) is 9.59 Å². The quantitative estimate of drug-likeness (QED) is 0.680. The molecule has 1 N–H and O–H groups in total. The van der Waals surface area contributed by atoms with Gasteiger partial charge in [0.2, 0.25) is 5.91 Å². The average Bonchev–Trinajstić information content (AvgIpc) is 2.72. The van der Waals surface area contributed by atoms with E-state index in [1.54, 1.807) is 24.3 Å². The van der Waals surface area contributed by atoms with Crippen LogP contribution in [0, 0.1) is 5.41 Å². The first kappa shape index (κ1) is 23.9. The summed E-state index contributed by atoms with van der Waals surface area (Å²) in [5.74, 6) is 0.603. The van der Waals surface area contributed by atoms with Crippen molar-refractivity contribution in [2.45, 2.75) is 40.7 Å². The third kappa shape index (κ3) is 5.94. The second-order valence-electron chi connectivity index (χ2n) is 9.34. The van der Waals surface area contributed by atoms with Crippen LogP contribution in [0.25, 0.3) is 0 Å². The highest BCUT2D eigenvalue weighted by Gasteiger charge is 2.30. The van der Waals surface area contributed by atoms with Crippen LogP contribution in [-0.4, -0.2) is 49.0 Å². The molecule has 2 aromatic carbocycles. The van der Waals surface area contributed by atoms with E-state index in [1.807, 2.05) is 57.7 Å². The molecule has 0 bridgehead atoms. The summed E-state index contributed by atoms with van der Waals surface area (Å²) >= 11 is 6.55. The van der Waals surface area contributed by atoms with E-state index in [1.165, 1.54) is 0 Å². The van der Waals surface area contributed by atoms with Gasteiger partial charge in [0, 0.05) is 42.8 Å². The summed E-state index contributed by atoms with van der Waals surface area (Å²) in [7, 11) is 0. The molecule has 1 heterocycles. The van der Waals surface area contributed by atoms with Gasteiger partial charge >= 0.3 is 0 Å². The van der Waals surface area contributed by atoms with Crippen molar-refractivity contribution in [2.75, 3.05) is 36.4 Å². The van der Waals surface area contributed by atoms with Gasteiger partial charge in [0.25, 0.3) is 5.91 Å². The minimum atomic E-state index is -0.375. The summed E-state index contributed by atoms with van der Waals surface area (Å²) < 4.78 is 5.67. The SMILES string of the molecule is CC(C)Oc1cccc(C(=O)Nc2ccc(N3CCN(C(=O)C(C)(C)C)CC3)c(Cl)c2)c1. The molecule has 0 spiro atoms. The Hall–Kier alpha value is -2.73. The molecule has 0 unspecified atom stereocenters. The van der Waals surface area contributed by atoms with E-state index in [-0.39, 0.29) is 23.3 Å². The van der Waals surface area contributed by atoms with Crippen molar-refractivity contribution < 1.29 is 14.3 Å². The van der Waals surface area contributed by atoms with Crippen LogP contribution in [0.15, 0.2) is 42.5 Å². The predicted molar refractivity (Wildman–Crippen MR) is 130 cm³/mol. The summed E-state index contributed by atoms with van der Waals surface area (Å²) in [5, 5.41) is 3.46. The zero-order valence-electron chi connectivity index (χ0n) is 19.4. The van der Waals surface area contributed by atoms with Crippen LogP contribution < -0.4 is 15.0 Å². The van der Waals surface area contributed by atoms with Crippen LogP contribution in [0.5, 0.6) is 5.75 Å². The fourth-order valence-electron chi connectivity index (χ4n) is 3.65. The number of hydrogen-bond donors (Lipinski definition) is 1. The fraction of sp³-hybridized carbons (Fsp3) is 0.440. The van der Waals surface area contributed by atoms with Crippen LogP contribution >= 0.6 is 11.6 Å². The van der Waals surface area contributed by atoms with E-state index in [4.69, 9.17) is 16.3 Å². The standard InChI is InChI=1S/C25H32ClN3O3/c1-17(2)32-20-8-6-7-18(15-20)23(30)27-19-9-10-22(21(26)16-19)28-11-13-29(14-12-28)24(31)25(3,4)5/h6-10,15-17H,11-14H2,1-5H3,(H,27,30). The Kier molecular flexibility index (Phi) is 7.34.